The number of hydrogen-bond acceptors (Lipinski definition) is 7. The summed E-state index contributed by atoms with van der Waals surface area (Å²) >= 11 is 8.96. The van der Waals surface area contributed by atoms with Crippen LogP contribution in [-0.4, -0.2) is 25.2 Å². The van der Waals surface area contributed by atoms with E-state index in [1.807, 2.05) is 17.5 Å². The summed E-state index contributed by atoms with van der Waals surface area (Å²) in [7, 11) is 1.58. The highest BCUT2D eigenvalue weighted by Gasteiger charge is 2.19. The fourth-order valence-corrected chi connectivity index (χ4v) is 4.73. The average Bonchev–Trinajstić information content (AvgIpc) is 3.43. The van der Waals surface area contributed by atoms with Crippen molar-refractivity contribution < 1.29 is 19.1 Å². The minimum atomic E-state index is -0.533. The van der Waals surface area contributed by atoms with Crippen molar-refractivity contribution >= 4 is 62.5 Å². The van der Waals surface area contributed by atoms with Crippen molar-refractivity contribution in [1.82, 2.24) is 5.43 Å². The number of carbonyl (C=O) groups is 2. The van der Waals surface area contributed by atoms with Crippen LogP contribution in [0.4, 0.5) is 0 Å². The summed E-state index contributed by atoms with van der Waals surface area (Å²) in [5.41, 5.74) is 3.20. The molecule has 0 aliphatic heterocycles. The number of carbonyl (C=O) groups excluding carboxylic acids is 2. The number of thiophene rings is 2. The van der Waals surface area contributed by atoms with Gasteiger partial charge in [-0.15, -0.1) is 22.7 Å². The molecule has 0 radical (unpaired) electrons. The number of halogens is 1. The minimum Gasteiger partial charge on any atom is -0.497 e. The Kier molecular flexibility index (Phi) is 6.31. The first-order valence-corrected chi connectivity index (χ1v) is 11.1. The molecule has 4 rings (SSSR count). The van der Waals surface area contributed by atoms with Crippen LogP contribution < -0.4 is 14.9 Å². The maximum Gasteiger partial charge on any atom is 0.355 e. The molecule has 31 heavy (non-hydrogen) atoms. The van der Waals surface area contributed by atoms with E-state index in [1.54, 1.807) is 49.6 Å². The van der Waals surface area contributed by atoms with Crippen LogP contribution in [0.5, 0.6) is 11.5 Å². The predicted molar refractivity (Wildman–Crippen MR) is 124 cm³/mol. The van der Waals surface area contributed by atoms with Crippen LogP contribution >= 0.6 is 34.3 Å². The second kappa shape index (κ2) is 9.30. The van der Waals surface area contributed by atoms with Crippen molar-refractivity contribution in [1.29, 1.82) is 0 Å². The molecule has 156 valence electrons. The van der Waals surface area contributed by atoms with Crippen LogP contribution in [0.25, 0.3) is 10.1 Å². The van der Waals surface area contributed by atoms with E-state index in [2.05, 4.69) is 10.5 Å². The van der Waals surface area contributed by atoms with E-state index in [-0.39, 0.29) is 5.91 Å². The summed E-state index contributed by atoms with van der Waals surface area (Å²) < 4.78 is 11.5. The quantitative estimate of drug-likeness (QED) is 0.172. The number of methoxy groups -OCH3 is 1. The summed E-state index contributed by atoms with van der Waals surface area (Å²) in [6.07, 6.45) is 1.51. The summed E-state index contributed by atoms with van der Waals surface area (Å²) in [6, 6.07) is 15.7. The third-order valence-electron chi connectivity index (χ3n) is 4.24. The largest absolute Gasteiger partial charge is 0.497 e. The summed E-state index contributed by atoms with van der Waals surface area (Å²) in [4.78, 5) is 25.4. The summed E-state index contributed by atoms with van der Waals surface area (Å²) in [5, 5.41) is 6.89. The van der Waals surface area contributed by atoms with E-state index >= 15 is 0 Å². The second-order valence-corrected chi connectivity index (χ2v) is 8.62. The van der Waals surface area contributed by atoms with E-state index < -0.39 is 5.97 Å². The van der Waals surface area contributed by atoms with Gasteiger partial charge >= 0.3 is 5.97 Å². The van der Waals surface area contributed by atoms with Crippen molar-refractivity contribution in [3.63, 3.8) is 0 Å². The number of hydrogen-bond donors (Lipinski definition) is 1. The zero-order chi connectivity index (χ0) is 21.8. The molecule has 9 heteroatoms. The van der Waals surface area contributed by atoms with E-state index in [4.69, 9.17) is 21.1 Å². The van der Waals surface area contributed by atoms with Gasteiger partial charge in [-0.1, -0.05) is 17.7 Å². The van der Waals surface area contributed by atoms with Crippen molar-refractivity contribution in [3.8, 4) is 11.5 Å². The van der Waals surface area contributed by atoms with E-state index in [1.165, 1.54) is 28.9 Å². The Hall–Kier alpha value is -3.20. The fraction of sp³-hybridized carbons (Fsp3) is 0.0455. The van der Waals surface area contributed by atoms with Crippen LogP contribution in [0.1, 0.15) is 24.9 Å². The molecule has 1 N–H and O–H groups in total. The molecule has 0 unspecified atom stereocenters. The Morgan fingerprint density at radius 3 is 2.58 bits per heavy atom. The molecule has 2 aromatic heterocycles. The summed E-state index contributed by atoms with van der Waals surface area (Å²) in [5.74, 6) is 0.259. The molecule has 0 fully saturated rings. The Morgan fingerprint density at radius 2 is 1.87 bits per heavy atom. The van der Waals surface area contributed by atoms with Crippen molar-refractivity contribution in [2.24, 2.45) is 5.10 Å². The number of rotatable bonds is 6. The maximum absolute atomic E-state index is 12.6. The topological polar surface area (TPSA) is 77.0 Å². The van der Waals surface area contributed by atoms with Crippen LogP contribution in [0.3, 0.4) is 0 Å². The van der Waals surface area contributed by atoms with Gasteiger partial charge in [-0.3, -0.25) is 4.79 Å². The lowest BCUT2D eigenvalue weighted by molar-refractivity contribution is 0.0739. The van der Waals surface area contributed by atoms with E-state index in [0.29, 0.717) is 26.3 Å². The number of hydrazone groups is 1. The van der Waals surface area contributed by atoms with Gasteiger partial charge in [-0.05, 0) is 59.5 Å². The Labute approximate surface area is 190 Å². The number of fused-ring (bicyclic) bond motifs is 1. The molecular weight excluding hydrogens is 456 g/mol. The van der Waals surface area contributed by atoms with Gasteiger partial charge in [0.25, 0.3) is 5.91 Å². The molecule has 0 saturated carbocycles. The predicted octanol–water partition coefficient (Wildman–Crippen LogP) is 5.61. The standard InChI is InChI=1S/C22H15ClN2O4S2/c1-28-15-8-9-16-18(11-15)31-20(19(16)23)22(27)29-14-6-4-13(5-7-14)12-24-25-21(26)17-3-2-10-30-17/h2-12H,1H3,(H,25,26)/b24-12-. The Morgan fingerprint density at radius 1 is 1.10 bits per heavy atom. The van der Waals surface area contributed by atoms with Gasteiger partial charge in [0.15, 0.2) is 0 Å². The molecule has 4 aromatic rings. The van der Waals surface area contributed by atoms with Crippen LogP contribution in [0, 0.1) is 0 Å². The summed E-state index contributed by atoms with van der Waals surface area (Å²) in [6.45, 7) is 0. The number of amides is 1. The van der Waals surface area contributed by atoms with Crippen molar-refractivity contribution in [3.05, 3.63) is 80.3 Å². The molecule has 2 heterocycles. The third kappa shape index (κ3) is 4.77. The number of esters is 1. The highest BCUT2D eigenvalue weighted by atomic mass is 35.5. The number of nitrogens with one attached hydrogen (secondary N) is 1. The normalized spacial score (nSPS) is 11.0. The van der Waals surface area contributed by atoms with Gasteiger partial charge < -0.3 is 9.47 Å². The van der Waals surface area contributed by atoms with Crippen molar-refractivity contribution in [2.75, 3.05) is 7.11 Å². The van der Waals surface area contributed by atoms with Gasteiger partial charge in [-0.2, -0.15) is 5.10 Å². The Bertz CT molecular complexity index is 1260. The first kappa shape index (κ1) is 21.0. The number of nitrogens with zero attached hydrogens (tertiary/aromatic N) is 1. The molecule has 2 aromatic carbocycles. The maximum atomic E-state index is 12.6. The highest BCUT2D eigenvalue weighted by molar-refractivity contribution is 7.21. The monoisotopic (exact) mass is 470 g/mol. The van der Waals surface area contributed by atoms with Gasteiger partial charge in [0.05, 0.1) is 23.2 Å². The van der Waals surface area contributed by atoms with Gasteiger partial charge in [0, 0.05) is 10.1 Å². The van der Waals surface area contributed by atoms with Gasteiger partial charge in [0.1, 0.15) is 16.4 Å². The molecule has 0 bridgehead atoms. The zero-order valence-corrected chi connectivity index (χ0v) is 18.5. The molecule has 0 aliphatic carbocycles. The molecule has 0 aliphatic rings. The zero-order valence-electron chi connectivity index (χ0n) is 16.1. The molecule has 6 nitrogen and oxygen atoms in total. The average molecular weight is 471 g/mol. The molecule has 1 amide bonds. The van der Waals surface area contributed by atoms with E-state index in [0.717, 1.165) is 15.6 Å². The fourth-order valence-electron chi connectivity index (χ4n) is 2.71. The first-order valence-electron chi connectivity index (χ1n) is 9.00. The Balaban J connectivity index is 1.41. The molecular formula is C22H15ClN2O4S2. The molecule has 0 atom stereocenters. The van der Waals surface area contributed by atoms with Crippen molar-refractivity contribution in [2.45, 2.75) is 0 Å². The van der Waals surface area contributed by atoms with Crippen LogP contribution in [-0.2, 0) is 0 Å². The number of benzene rings is 2. The SMILES string of the molecule is COc1ccc2c(Cl)c(C(=O)Oc3ccc(/C=N\NC(=O)c4cccs4)cc3)sc2c1. The van der Waals surface area contributed by atoms with E-state index in [9.17, 15) is 9.59 Å². The van der Waals surface area contributed by atoms with Gasteiger partial charge in [0.2, 0.25) is 0 Å². The lowest BCUT2D eigenvalue weighted by atomic mass is 10.2. The lowest BCUT2D eigenvalue weighted by Gasteiger charge is -2.03. The second-order valence-electron chi connectivity index (χ2n) is 6.24. The van der Waals surface area contributed by atoms with Gasteiger partial charge in [-0.25, -0.2) is 10.2 Å². The van der Waals surface area contributed by atoms with Crippen LogP contribution in [0.15, 0.2) is 65.1 Å². The third-order valence-corrected chi connectivity index (χ3v) is 6.74. The first-order chi connectivity index (χ1) is 15.0. The molecule has 0 spiro atoms. The van der Waals surface area contributed by atoms with Crippen LogP contribution in [0.2, 0.25) is 5.02 Å². The highest BCUT2D eigenvalue weighted by Crippen LogP contribution is 2.37. The minimum absolute atomic E-state index is 0.269. The smallest absolute Gasteiger partial charge is 0.355 e. The molecule has 0 saturated heterocycles. The lowest BCUT2D eigenvalue weighted by Crippen LogP contribution is -2.16. The number of ether oxygens (including phenoxy) is 2.